The number of barbiturate groups is 1. The first-order valence-corrected chi connectivity index (χ1v) is 10.7. The number of aryl methyl sites for hydroxylation is 1. The minimum Gasteiger partial charge on any atom is -0.507 e. The summed E-state index contributed by atoms with van der Waals surface area (Å²) in [5.41, 5.74) is 1.67. The number of hydrogen-bond donors (Lipinski definition) is 1. The molecule has 0 saturated carbocycles. The lowest BCUT2D eigenvalue weighted by molar-refractivity contribution is -0.121. The predicted octanol–water partition coefficient (Wildman–Crippen LogP) is 5.44. The van der Waals surface area contributed by atoms with Gasteiger partial charge in [0.2, 0.25) is 0 Å². The van der Waals surface area contributed by atoms with Crippen molar-refractivity contribution in [1.82, 2.24) is 0 Å². The summed E-state index contributed by atoms with van der Waals surface area (Å²) in [5, 5.41) is 11.8. The van der Waals surface area contributed by atoms with E-state index in [-0.39, 0.29) is 11.3 Å². The average Bonchev–Trinajstić information content (AvgIpc) is 2.83. The molecule has 4 amide bonds. The second-order valence-electron chi connectivity index (χ2n) is 8.02. The van der Waals surface area contributed by atoms with Gasteiger partial charge in [-0.05, 0) is 48.2 Å². The number of para-hydroxylation sites is 1. The number of fused-ring (bicyclic) bond motifs is 1. The summed E-state index contributed by atoms with van der Waals surface area (Å²) in [6, 6.07) is 25.4. The van der Waals surface area contributed by atoms with Crippen LogP contribution in [0, 0.1) is 6.92 Å². The maximum absolute atomic E-state index is 13.7. The minimum atomic E-state index is -0.758. The largest absolute Gasteiger partial charge is 0.507 e. The zero-order chi connectivity index (χ0) is 23.8. The Labute approximate surface area is 196 Å². The summed E-state index contributed by atoms with van der Waals surface area (Å²) in [6.45, 7) is 1.86. The Morgan fingerprint density at radius 1 is 0.735 bits per heavy atom. The number of benzene rings is 4. The van der Waals surface area contributed by atoms with Crippen LogP contribution in [0.1, 0.15) is 11.1 Å². The van der Waals surface area contributed by atoms with Crippen LogP contribution < -0.4 is 9.80 Å². The molecular formula is C28H20N2O4. The average molecular weight is 448 g/mol. The third-order valence-corrected chi connectivity index (χ3v) is 5.75. The first-order chi connectivity index (χ1) is 16.5. The minimum absolute atomic E-state index is 0.0775. The van der Waals surface area contributed by atoms with Gasteiger partial charge in [0.15, 0.2) is 0 Å². The quantitative estimate of drug-likeness (QED) is 0.335. The summed E-state index contributed by atoms with van der Waals surface area (Å²) in [6.07, 6.45) is 1.33. The Morgan fingerprint density at radius 2 is 1.41 bits per heavy atom. The number of nitrogens with zero attached hydrogens (tertiary/aromatic N) is 2. The van der Waals surface area contributed by atoms with Crippen LogP contribution in [0.2, 0.25) is 0 Å². The molecule has 1 N–H and O–H groups in total. The first kappa shape index (κ1) is 21.2. The fourth-order valence-corrected chi connectivity index (χ4v) is 4.11. The number of carbonyl (C=O) groups excluding carboxylic acids is 3. The van der Waals surface area contributed by atoms with E-state index in [1.807, 2.05) is 43.3 Å². The number of amides is 4. The number of rotatable bonds is 3. The molecule has 4 aromatic carbocycles. The fourth-order valence-electron chi connectivity index (χ4n) is 4.11. The van der Waals surface area contributed by atoms with Crippen LogP contribution in [0.25, 0.3) is 16.8 Å². The number of carbonyl (C=O) groups is 3. The summed E-state index contributed by atoms with van der Waals surface area (Å²) >= 11 is 0. The molecule has 1 aliphatic rings. The molecular weight excluding hydrogens is 428 g/mol. The molecule has 0 spiro atoms. The normalized spacial score (nSPS) is 15.4. The monoisotopic (exact) mass is 448 g/mol. The molecule has 0 bridgehead atoms. The van der Waals surface area contributed by atoms with Crippen LogP contribution in [-0.4, -0.2) is 23.0 Å². The smallest absolute Gasteiger partial charge is 0.343 e. The number of anilines is 2. The number of imide groups is 2. The lowest BCUT2D eigenvalue weighted by atomic mass is 10.0. The van der Waals surface area contributed by atoms with Crippen molar-refractivity contribution in [3.05, 3.63) is 108 Å². The molecule has 6 nitrogen and oxygen atoms in total. The molecule has 6 heteroatoms. The van der Waals surface area contributed by atoms with Crippen LogP contribution >= 0.6 is 0 Å². The summed E-state index contributed by atoms with van der Waals surface area (Å²) in [4.78, 5) is 42.9. The molecule has 1 heterocycles. The van der Waals surface area contributed by atoms with Gasteiger partial charge in [0.25, 0.3) is 11.8 Å². The van der Waals surface area contributed by atoms with Crippen molar-refractivity contribution >= 4 is 46.1 Å². The lowest BCUT2D eigenvalue weighted by Gasteiger charge is -2.34. The molecule has 0 atom stereocenters. The Hall–Kier alpha value is -4.71. The van der Waals surface area contributed by atoms with Gasteiger partial charge in [0, 0.05) is 10.9 Å². The Morgan fingerprint density at radius 3 is 2.21 bits per heavy atom. The molecule has 0 unspecified atom stereocenters. The van der Waals surface area contributed by atoms with E-state index in [0.717, 1.165) is 20.7 Å². The van der Waals surface area contributed by atoms with Crippen molar-refractivity contribution in [2.24, 2.45) is 0 Å². The van der Waals surface area contributed by atoms with E-state index in [2.05, 4.69) is 0 Å². The summed E-state index contributed by atoms with van der Waals surface area (Å²) < 4.78 is 0. The van der Waals surface area contributed by atoms with Crippen LogP contribution in [0.15, 0.2) is 96.6 Å². The van der Waals surface area contributed by atoms with E-state index in [9.17, 15) is 19.5 Å². The molecule has 0 aliphatic carbocycles. The van der Waals surface area contributed by atoms with E-state index < -0.39 is 17.8 Å². The van der Waals surface area contributed by atoms with Gasteiger partial charge < -0.3 is 5.11 Å². The van der Waals surface area contributed by atoms with Crippen molar-refractivity contribution in [2.45, 2.75) is 6.92 Å². The molecule has 1 aliphatic heterocycles. The van der Waals surface area contributed by atoms with Crippen molar-refractivity contribution in [3.63, 3.8) is 0 Å². The van der Waals surface area contributed by atoms with Gasteiger partial charge in [0.05, 0.1) is 11.4 Å². The Balaban J connectivity index is 1.74. The molecule has 0 radical (unpaired) electrons. The Bertz CT molecular complexity index is 1500. The highest BCUT2D eigenvalue weighted by atomic mass is 16.3. The summed E-state index contributed by atoms with van der Waals surface area (Å²) in [7, 11) is 0. The van der Waals surface area contributed by atoms with Gasteiger partial charge in [-0.1, -0.05) is 66.7 Å². The van der Waals surface area contributed by atoms with E-state index in [1.165, 1.54) is 12.1 Å². The van der Waals surface area contributed by atoms with E-state index in [1.54, 1.807) is 48.5 Å². The number of hydrogen-bond acceptors (Lipinski definition) is 4. The maximum Gasteiger partial charge on any atom is 0.343 e. The molecule has 1 fully saturated rings. The zero-order valence-corrected chi connectivity index (χ0v) is 18.3. The molecule has 0 aromatic heterocycles. The molecule has 1 saturated heterocycles. The zero-order valence-electron chi connectivity index (χ0n) is 18.3. The third-order valence-electron chi connectivity index (χ3n) is 5.75. The highest BCUT2D eigenvalue weighted by Crippen LogP contribution is 2.34. The standard InChI is InChI=1S/C28H20N2O4/c1-18-8-6-12-21(16-18)29-26(32)23(17-20-10-3-5-15-25(20)31)27(33)30(28(29)34)24-14-7-11-19-9-2-4-13-22(19)24/h2-17,31H,1H3/b23-17+. The van der Waals surface area contributed by atoms with Crippen molar-refractivity contribution < 1.29 is 19.5 Å². The van der Waals surface area contributed by atoms with E-state index >= 15 is 0 Å². The van der Waals surface area contributed by atoms with Crippen molar-refractivity contribution in [2.75, 3.05) is 9.80 Å². The van der Waals surface area contributed by atoms with Crippen LogP contribution in [0.3, 0.4) is 0 Å². The predicted molar refractivity (Wildman–Crippen MR) is 132 cm³/mol. The second kappa shape index (κ2) is 8.33. The lowest BCUT2D eigenvalue weighted by Crippen LogP contribution is -2.57. The fraction of sp³-hybridized carbons (Fsp3) is 0.0357. The van der Waals surface area contributed by atoms with Gasteiger partial charge in [0.1, 0.15) is 11.3 Å². The van der Waals surface area contributed by atoms with Crippen molar-refractivity contribution in [1.29, 1.82) is 0 Å². The van der Waals surface area contributed by atoms with Crippen LogP contribution in [0.4, 0.5) is 16.2 Å². The molecule has 166 valence electrons. The molecule has 5 rings (SSSR count). The number of aromatic hydroxyl groups is 1. The number of phenols is 1. The van der Waals surface area contributed by atoms with Gasteiger partial charge in [-0.2, -0.15) is 0 Å². The van der Waals surface area contributed by atoms with Crippen LogP contribution in [0.5, 0.6) is 5.75 Å². The van der Waals surface area contributed by atoms with Crippen molar-refractivity contribution in [3.8, 4) is 5.75 Å². The number of phenolic OH excluding ortho intramolecular Hbond substituents is 1. The topological polar surface area (TPSA) is 77.9 Å². The third kappa shape index (κ3) is 3.51. The van der Waals surface area contributed by atoms with E-state index in [4.69, 9.17) is 0 Å². The van der Waals surface area contributed by atoms with Gasteiger partial charge in [-0.25, -0.2) is 14.6 Å². The number of urea groups is 1. The van der Waals surface area contributed by atoms with Gasteiger partial charge in [-0.3, -0.25) is 9.59 Å². The maximum atomic E-state index is 13.7. The first-order valence-electron chi connectivity index (χ1n) is 10.7. The van der Waals surface area contributed by atoms with Crippen LogP contribution in [-0.2, 0) is 9.59 Å². The molecule has 34 heavy (non-hydrogen) atoms. The second-order valence-corrected chi connectivity index (χ2v) is 8.02. The van der Waals surface area contributed by atoms with Gasteiger partial charge >= 0.3 is 6.03 Å². The Kier molecular flexibility index (Phi) is 5.18. The molecule has 4 aromatic rings. The highest BCUT2D eigenvalue weighted by molar-refractivity contribution is 6.46. The highest BCUT2D eigenvalue weighted by Gasteiger charge is 2.44. The van der Waals surface area contributed by atoms with Gasteiger partial charge in [-0.15, -0.1) is 0 Å². The van der Waals surface area contributed by atoms with E-state index in [0.29, 0.717) is 22.3 Å². The summed E-state index contributed by atoms with van der Waals surface area (Å²) in [5.74, 6) is -1.58. The SMILES string of the molecule is Cc1cccc(N2C(=O)/C(=C\c3ccccc3O)C(=O)N(c3cccc4ccccc34)C2=O)c1.